The predicted octanol–water partition coefficient (Wildman–Crippen LogP) is 1.83. The maximum Gasteiger partial charge on any atom is 0.254 e. The van der Waals surface area contributed by atoms with Crippen LogP contribution in [0.2, 0.25) is 0 Å². The molecule has 2 aromatic rings. The molecule has 0 aliphatic heterocycles. The van der Waals surface area contributed by atoms with E-state index in [1.54, 1.807) is 13.0 Å². The maximum atomic E-state index is 13.1. The zero-order chi connectivity index (χ0) is 15.4. The normalized spacial score (nSPS) is 10.2. The third-order valence-corrected chi connectivity index (χ3v) is 2.69. The van der Waals surface area contributed by atoms with Crippen LogP contribution in [0, 0.1) is 12.7 Å². The zero-order valence-corrected chi connectivity index (χ0v) is 11.6. The fourth-order valence-electron chi connectivity index (χ4n) is 1.74. The number of amides is 2. The molecule has 1 aromatic heterocycles. The molecule has 6 nitrogen and oxygen atoms in total. The van der Waals surface area contributed by atoms with Crippen LogP contribution in [0.5, 0.6) is 0 Å². The number of aromatic nitrogens is 1. The van der Waals surface area contributed by atoms with Crippen molar-refractivity contribution in [2.75, 3.05) is 18.9 Å². The van der Waals surface area contributed by atoms with Crippen LogP contribution in [-0.4, -0.2) is 35.5 Å². The lowest BCUT2D eigenvalue weighted by Gasteiger charge is -2.16. The number of anilines is 1. The Balaban J connectivity index is 1.95. The number of hydrogen-bond donors (Lipinski definition) is 1. The summed E-state index contributed by atoms with van der Waals surface area (Å²) in [4.78, 5) is 25.0. The smallest absolute Gasteiger partial charge is 0.254 e. The second kappa shape index (κ2) is 6.17. The van der Waals surface area contributed by atoms with Gasteiger partial charge in [-0.15, -0.1) is 0 Å². The number of aryl methyl sites for hydroxylation is 1. The minimum absolute atomic E-state index is 0.179. The average Bonchev–Trinajstić information content (AvgIpc) is 2.82. The highest BCUT2D eigenvalue weighted by Crippen LogP contribution is 2.08. The van der Waals surface area contributed by atoms with Crippen molar-refractivity contribution in [2.45, 2.75) is 6.92 Å². The maximum absolute atomic E-state index is 13.1. The first kappa shape index (κ1) is 14.7. The topological polar surface area (TPSA) is 75.4 Å². The van der Waals surface area contributed by atoms with Crippen molar-refractivity contribution in [1.82, 2.24) is 10.1 Å². The van der Waals surface area contributed by atoms with Gasteiger partial charge in [-0.3, -0.25) is 9.59 Å². The second-order valence-corrected chi connectivity index (χ2v) is 4.54. The summed E-state index contributed by atoms with van der Waals surface area (Å²) in [6.07, 6.45) is 0. The lowest BCUT2D eigenvalue weighted by atomic mass is 10.2. The number of nitrogens with zero attached hydrogens (tertiary/aromatic N) is 2. The van der Waals surface area contributed by atoms with E-state index in [0.717, 1.165) is 6.07 Å². The fraction of sp³-hybridized carbons (Fsp3) is 0.214. The van der Waals surface area contributed by atoms with Gasteiger partial charge in [0.25, 0.3) is 5.91 Å². The van der Waals surface area contributed by atoms with Crippen LogP contribution in [0.15, 0.2) is 34.9 Å². The Morgan fingerprint density at radius 3 is 2.76 bits per heavy atom. The number of hydrogen-bond acceptors (Lipinski definition) is 4. The largest absolute Gasteiger partial charge is 0.360 e. The summed E-state index contributed by atoms with van der Waals surface area (Å²) in [5.74, 6) is -0.521. The summed E-state index contributed by atoms with van der Waals surface area (Å²) >= 11 is 0. The molecule has 0 spiro atoms. The van der Waals surface area contributed by atoms with E-state index < -0.39 is 17.6 Å². The number of rotatable bonds is 4. The summed E-state index contributed by atoms with van der Waals surface area (Å²) in [5.41, 5.74) is 0.183. The highest BCUT2D eigenvalue weighted by atomic mass is 19.1. The summed E-state index contributed by atoms with van der Waals surface area (Å²) in [6.45, 7) is 1.52. The monoisotopic (exact) mass is 291 g/mol. The van der Waals surface area contributed by atoms with Gasteiger partial charge in [0.15, 0.2) is 5.82 Å². The van der Waals surface area contributed by atoms with E-state index in [1.165, 1.54) is 30.1 Å². The number of carbonyl (C=O) groups excluding carboxylic acids is 2. The molecule has 1 N–H and O–H groups in total. The van der Waals surface area contributed by atoms with E-state index in [0.29, 0.717) is 5.76 Å². The lowest BCUT2D eigenvalue weighted by molar-refractivity contribution is -0.116. The van der Waals surface area contributed by atoms with Crippen LogP contribution in [0.3, 0.4) is 0 Å². The molecule has 0 aliphatic rings. The van der Waals surface area contributed by atoms with E-state index in [2.05, 4.69) is 10.5 Å². The molecule has 2 rings (SSSR count). The van der Waals surface area contributed by atoms with Gasteiger partial charge in [0.2, 0.25) is 5.91 Å². The van der Waals surface area contributed by atoms with Gasteiger partial charge < -0.3 is 14.7 Å². The van der Waals surface area contributed by atoms with Gasteiger partial charge in [-0.1, -0.05) is 11.2 Å². The lowest BCUT2D eigenvalue weighted by Crippen LogP contribution is -2.35. The summed E-state index contributed by atoms with van der Waals surface area (Å²) in [7, 11) is 1.46. The van der Waals surface area contributed by atoms with Crippen molar-refractivity contribution in [1.29, 1.82) is 0 Å². The van der Waals surface area contributed by atoms with Crippen LogP contribution in [0.4, 0.5) is 10.2 Å². The Morgan fingerprint density at radius 1 is 1.38 bits per heavy atom. The molecule has 1 aromatic carbocycles. The van der Waals surface area contributed by atoms with Gasteiger partial charge in [-0.25, -0.2) is 4.39 Å². The minimum Gasteiger partial charge on any atom is -0.360 e. The van der Waals surface area contributed by atoms with Crippen molar-refractivity contribution in [3.8, 4) is 0 Å². The van der Waals surface area contributed by atoms with E-state index in [4.69, 9.17) is 4.52 Å². The average molecular weight is 291 g/mol. The SMILES string of the molecule is Cc1cc(NC(=O)CN(C)C(=O)c2cccc(F)c2)no1. The Labute approximate surface area is 120 Å². The molecular formula is C14H14FN3O3. The first-order valence-corrected chi connectivity index (χ1v) is 6.20. The Kier molecular flexibility index (Phi) is 4.32. The van der Waals surface area contributed by atoms with Crippen molar-refractivity contribution in [3.05, 3.63) is 47.5 Å². The molecule has 0 aliphatic carbocycles. The molecule has 0 saturated carbocycles. The van der Waals surface area contributed by atoms with E-state index in [9.17, 15) is 14.0 Å². The fourth-order valence-corrected chi connectivity index (χ4v) is 1.74. The van der Waals surface area contributed by atoms with Gasteiger partial charge in [-0.2, -0.15) is 0 Å². The van der Waals surface area contributed by atoms with E-state index >= 15 is 0 Å². The number of nitrogens with one attached hydrogen (secondary N) is 1. The molecule has 0 fully saturated rings. The Bertz CT molecular complexity index is 669. The quantitative estimate of drug-likeness (QED) is 0.932. The van der Waals surface area contributed by atoms with Crippen molar-refractivity contribution < 1.29 is 18.5 Å². The predicted molar refractivity (Wildman–Crippen MR) is 73.2 cm³/mol. The molecule has 7 heteroatoms. The first-order chi connectivity index (χ1) is 9.95. The minimum atomic E-state index is -0.503. The molecule has 0 saturated heterocycles. The summed E-state index contributed by atoms with van der Waals surface area (Å²) < 4.78 is 17.9. The second-order valence-electron chi connectivity index (χ2n) is 4.54. The van der Waals surface area contributed by atoms with Crippen LogP contribution in [-0.2, 0) is 4.79 Å². The highest BCUT2D eigenvalue weighted by molar-refractivity contribution is 5.98. The molecule has 2 amide bonds. The van der Waals surface area contributed by atoms with E-state index in [-0.39, 0.29) is 17.9 Å². The number of likely N-dealkylation sites (N-methyl/N-ethyl adjacent to an activating group) is 1. The molecule has 0 atom stereocenters. The number of benzene rings is 1. The van der Waals surface area contributed by atoms with Crippen LogP contribution >= 0.6 is 0 Å². The first-order valence-electron chi connectivity index (χ1n) is 6.20. The molecule has 110 valence electrons. The third kappa shape index (κ3) is 3.88. The van der Waals surface area contributed by atoms with Crippen molar-refractivity contribution in [2.24, 2.45) is 0 Å². The molecule has 0 bridgehead atoms. The highest BCUT2D eigenvalue weighted by Gasteiger charge is 2.16. The van der Waals surface area contributed by atoms with Crippen molar-refractivity contribution >= 4 is 17.6 Å². The molecule has 1 heterocycles. The Hall–Kier alpha value is -2.70. The van der Waals surface area contributed by atoms with Crippen LogP contribution in [0.25, 0.3) is 0 Å². The zero-order valence-electron chi connectivity index (χ0n) is 11.6. The van der Waals surface area contributed by atoms with Crippen LogP contribution in [0.1, 0.15) is 16.1 Å². The van der Waals surface area contributed by atoms with Gasteiger partial charge in [0.05, 0.1) is 6.54 Å². The van der Waals surface area contributed by atoms with Gasteiger partial charge in [0, 0.05) is 18.7 Å². The van der Waals surface area contributed by atoms with E-state index in [1.807, 2.05) is 0 Å². The van der Waals surface area contributed by atoms with Crippen molar-refractivity contribution in [3.63, 3.8) is 0 Å². The molecule has 21 heavy (non-hydrogen) atoms. The molecule has 0 radical (unpaired) electrons. The molecular weight excluding hydrogens is 277 g/mol. The molecule has 0 unspecified atom stereocenters. The number of carbonyl (C=O) groups is 2. The summed E-state index contributed by atoms with van der Waals surface area (Å²) in [5, 5.41) is 6.12. The summed E-state index contributed by atoms with van der Waals surface area (Å²) in [6, 6.07) is 6.86. The Morgan fingerprint density at radius 2 is 2.14 bits per heavy atom. The van der Waals surface area contributed by atoms with Gasteiger partial charge >= 0.3 is 0 Å². The standard InChI is InChI=1S/C14H14FN3O3/c1-9-6-12(17-21-9)16-13(19)8-18(2)14(20)10-4-3-5-11(15)7-10/h3-7H,8H2,1-2H3,(H,16,17,19). The van der Waals surface area contributed by atoms with Gasteiger partial charge in [-0.05, 0) is 25.1 Å². The van der Waals surface area contributed by atoms with Crippen LogP contribution < -0.4 is 5.32 Å². The third-order valence-electron chi connectivity index (χ3n) is 2.69. The number of halogens is 1. The van der Waals surface area contributed by atoms with Gasteiger partial charge in [0.1, 0.15) is 11.6 Å².